The summed E-state index contributed by atoms with van der Waals surface area (Å²) in [6.07, 6.45) is 7.88. The minimum Gasteiger partial charge on any atom is -0.391 e. The molecule has 0 aromatic carbocycles. The summed E-state index contributed by atoms with van der Waals surface area (Å²) < 4.78 is 5.39. The van der Waals surface area contributed by atoms with Gasteiger partial charge in [0.25, 0.3) is 5.91 Å². The molecule has 0 spiro atoms. The zero-order valence-corrected chi connectivity index (χ0v) is 14.6. The molecule has 2 atom stereocenters. The molecule has 138 valence electrons. The minimum atomic E-state index is -0.581. The summed E-state index contributed by atoms with van der Waals surface area (Å²) in [5.41, 5.74) is 5.68. The number of aliphatic hydroxyl groups is 1. The van der Waals surface area contributed by atoms with Gasteiger partial charge in [-0.1, -0.05) is 0 Å². The maximum Gasteiger partial charge on any atom is 0.254 e. The van der Waals surface area contributed by atoms with Crippen LogP contribution >= 0.6 is 0 Å². The van der Waals surface area contributed by atoms with Gasteiger partial charge >= 0.3 is 0 Å². The Hall–Kier alpha value is -1.93. The van der Waals surface area contributed by atoms with E-state index in [1.165, 1.54) is 6.20 Å². The van der Waals surface area contributed by atoms with E-state index in [1.807, 2.05) is 0 Å². The van der Waals surface area contributed by atoms with E-state index in [0.29, 0.717) is 17.9 Å². The van der Waals surface area contributed by atoms with Gasteiger partial charge in [0.1, 0.15) is 5.82 Å². The van der Waals surface area contributed by atoms with Crippen LogP contribution in [0.2, 0.25) is 0 Å². The molecule has 2 fully saturated rings. The van der Waals surface area contributed by atoms with Crippen LogP contribution < -0.4 is 16.4 Å². The molecule has 1 heterocycles. The van der Waals surface area contributed by atoms with Gasteiger partial charge in [0.2, 0.25) is 5.95 Å². The predicted octanol–water partition coefficient (Wildman–Crippen LogP) is 1.27. The van der Waals surface area contributed by atoms with Crippen LogP contribution in [0.15, 0.2) is 6.20 Å². The average molecular weight is 349 g/mol. The highest BCUT2D eigenvalue weighted by Gasteiger charge is 2.27. The van der Waals surface area contributed by atoms with Crippen molar-refractivity contribution in [2.24, 2.45) is 5.73 Å². The molecule has 0 bridgehead atoms. The number of carbonyl (C=O) groups is 1. The molecule has 1 aromatic heterocycles. The summed E-state index contributed by atoms with van der Waals surface area (Å²) in [4.78, 5) is 20.3. The highest BCUT2D eigenvalue weighted by Crippen LogP contribution is 2.26. The summed E-state index contributed by atoms with van der Waals surface area (Å²) in [5, 5.41) is 16.5. The Labute approximate surface area is 147 Å². The monoisotopic (exact) mass is 349 g/mol. The van der Waals surface area contributed by atoms with Gasteiger partial charge < -0.3 is 26.2 Å². The molecule has 0 saturated heterocycles. The molecule has 2 aliphatic carbocycles. The molecule has 1 aromatic rings. The summed E-state index contributed by atoms with van der Waals surface area (Å²) in [6, 6.07) is 0.175. The molecule has 0 unspecified atom stereocenters. The second kappa shape index (κ2) is 7.97. The van der Waals surface area contributed by atoms with Crippen molar-refractivity contribution < 1.29 is 14.6 Å². The Morgan fingerprint density at radius 1 is 1.24 bits per heavy atom. The zero-order chi connectivity index (χ0) is 17.8. The maximum atomic E-state index is 11.7. The van der Waals surface area contributed by atoms with E-state index in [1.54, 1.807) is 7.11 Å². The smallest absolute Gasteiger partial charge is 0.254 e. The average Bonchev–Trinajstić information content (AvgIpc) is 3.00. The fourth-order valence-corrected chi connectivity index (χ4v) is 3.65. The van der Waals surface area contributed by atoms with E-state index in [9.17, 15) is 9.90 Å². The van der Waals surface area contributed by atoms with E-state index in [0.717, 1.165) is 44.9 Å². The number of aliphatic hydroxyl groups excluding tert-OH is 1. The minimum absolute atomic E-state index is 0.113. The molecule has 3 rings (SSSR count). The largest absolute Gasteiger partial charge is 0.391 e. The number of amides is 1. The molecule has 2 aliphatic rings. The van der Waals surface area contributed by atoms with E-state index in [2.05, 4.69) is 20.6 Å². The first-order valence-corrected chi connectivity index (χ1v) is 8.97. The van der Waals surface area contributed by atoms with Crippen molar-refractivity contribution in [3.8, 4) is 0 Å². The number of rotatable bonds is 6. The lowest BCUT2D eigenvalue weighted by Crippen LogP contribution is -2.32. The number of nitrogens with two attached hydrogens (primary N) is 1. The third-order valence-electron chi connectivity index (χ3n) is 5.20. The summed E-state index contributed by atoms with van der Waals surface area (Å²) >= 11 is 0. The molecule has 1 amide bonds. The van der Waals surface area contributed by atoms with Gasteiger partial charge in [-0.2, -0.15) is 4.98 Å². The van der Waals surface area contributed by atoms with Gasteiger partial charge in [0.05, 0.1) is 23.8 Å². The number of anilines is 2. The van der Waals surface area contributed by atoms with Gasteiger partial charge in [-0.25, -0.2) is 4.98 Å². The Morgan fingerprint density at radius 3 is 2.60 bits per heavy atom. The maximum absolute atomic E-state index is 11.7. The zero-order valence-electron chi connectivity index (χ0n) is 14.6. The highest BCUT2D eigenvalue weighted by molar-refractivity contribution is 5.97. The van der Waals surface area contributed by atoms with Gasteiger partial charge in [-0.3, -0.25) is 4.79 Å². The number of hydrogen-bond donors (Lipinski definition) is 4. The molecular weight excluding hydrogens is 322 g/mol. The Balaban J connectivity index is 1.70. The third kappa shape index (κ3) is 4.38. The van der Waals surface area contributed by atoms with Crippen molar-refractivity contribution >= 4 is 17.7 Å². The van der Waals surface area contributed by atoms with Crippen LogP contribution in [0.1, 0.15) is 55.3 Å². The lowest BCUT2D eigenvalue weighted by atomic mass is 9.93. The van der Waals surface area contributed by atoms with Crippen molar-refractivity contribution in [1.29, 1.82) is 0 Å². The first-order chi connectivity index (χ1) is 12.1. The van der Waals surface area contributed by atoms with Gasteiger partial charge in [-0.05, 0) is 44.9 Å². The lowest BCUT2D eigenvalue weighted by molar-refractivity contribution is 0.0681. The molecule has 5 N–H and O–H groups in total. The predicted molar refractivity (Wildman–Crippen MR) is 94.5 cm³/mol. The highest BCUT2D eigenvalue weighted by atomic mass is 16.5. The second-order valence-corrected chi connectivity index (χ2v) is 6.92. The first-order valence-electron chi connectivity index (χ1n) is 8.97. The lowest BCUT2D eigenvalue weighted by Gasteiger charge is -2.28. The summed E-state index contributed by atoms with van der Waals surface area (Å²) in [5.74, 6) is 0.282. The van der Waals surface area contributed by atoms with E-state index >= 15 is 0 Å². The molecular formula is C17H27N5O3. The Morgan fingerprint density at radius 2 is 2.00 bits per heavy atom. The van der Waals surface area contributed by atoms with Crippen LogP contribution in [0, 0.1) is 0 Å². The van der Waals surface area contributed by atoms with Gasteiger partial charge in [0, 0.05) is 19.3 Å². The fraction of sp³-hybridized carbons (Fsp3) is 0.706. The topological polar surface area (TPSA) is 122 Å². The first kappa shape index (κ1) is 17.9. The number of carbonyl (C=O) groups excluding carboxylic acids is 1. The molecule has 0 aliphatic heterocycles. The number of nitrogens with zero attached hydrogens (tertiary/aromatic N) is 2. The molecule has 8 heteroatoms. The van der Waals surface area contributed by atoms with Crippen LogP contribution in [-0.4, -0.2) is 52.4 Å². The van der Waals surface area contributed by atoms with Crippen LogP contribution in [0.5, 0.6) is 0 Å². The van der Waals surface area contributed by atoms with Crippen LogP contribution in [-0.2, 0) is 4.74 Å². The van der Waals surface area contributed by atoms with Crippen molar-refractivity contribution in [1.82, 2.24) is 9.97 Å². The van der Waals surface area contributed by atoms with Crippen molar-refractivity contribution in [3.63, 3.8) is 0 Å². The van der Waals surface area contributed by atoms with E-state index in [4.69, 9.17) is 10.5 Å². The molecule has 25 heavy (non-hydrogen) atoms. The Bertz CT molecular complexity index is 604. The van der Waals surface area contributed by atoms with Gasteiger partial charge in [-0.15, -0.1) is 0 Å². The molecule has 0 radical (unpaired) electrons. The normalized spacial score (nSPS) is 29.4. The third-order valence-corrected chi connectivity index (χ3v) is 5.20. The number of aromatic nitrogens is 2. The number of hydrogen-bond acceptors (Lipinski definition) is 7. The molecule has 2 saturated carbocycles. The number of ether oxygens (including phenoxy) is 1. The summed E-state index contributed by atoms with van der Waals surface area (Å²) in [7, 11) is 1.75. The number of primary amides is 1. The Kier molecular flexibility index (Phi) is 5.70. The molecule has 8 nitrogen and oxygen atoms in total. The van der Waals surface area contributed by atoms with E-state index < -0.39 is 12.0 Å². The van der Waals surface area contributed by atoms with E-state index in [-0.39, 0.29) is 17.6 Å². The fourth-order valence-electron chi connectivity index (χ4n) is 3.65. The second-order valence-electron chi connectivity index (χ2n) is 6.92. The van der Waals surface area contributed by atoms with Crippen LogP contribution in [0.25, 0.3) is 0 Å². The van der Waals surface area contributed by atoms with Crippen LogP contribution in [0.3, 0.4) is 0 Å². The SMILES string of the molecule is COC1CCC(Nc2ncc(C(N)=O)c(N[C@H]3CCC[C@@H]3O)n2)CC1. The number of methoxy groups -OCH3 is 1. The van der Waals surface area contributed by atoms with Crippen molar-refractivity contribution in [2.75, 3.05) is 17.7 Å². The van der Waals surface area contributed by atoms with Crippen LogP contribution in [0.4, 0.5) is 11.8 Å². The van der Waals surface area contributed by atoms with Gasteiger partial charge in [0.15, 0.2) is 0 Å². The summed E-state index contributed by atoms with van der Waals surface area (Å²) in [6.45, 7) is 0. The van der Waals surface area contributed by atoms with Crippen molar-refractivity contribution in [2.45, 2.75) is 69.2 Å². The number of nitrogens with one attached hydrogen (secondary N) is 2. The quantitative estimate of drug-likeness (QED) is 0.610. The standard InChI is InChI=1S/C17H27N5O3/c1-25-11-7-5-10(6-8-11)20-17-19-9-12(15(18)24)16(22-17)21-13-3-2-4-14(13)23/h9-11,13-14,23H,2-8H2,1H3,(H2,18,24)(H2,19,20,21,22)/t10?,11?,13-,14-/m0/s1. The van der Waals surface area contributed by atoms with Crippen molar-refractivity contribution in [3.05, 3.63) is 11.8 Å².